The molecule has 1 N–H and O–H groups in total. The molecule has 2 heterocycles. The van der Waals surface area contributed by atoms with E-state index in [1.165, 1.54) is 48.2 Å². The Morgan fingerprint density at radius 3 is 2.88 bits per heavy atom. The van der Waals surface area contributed by atoms with Crippen LogP contribution >= 0.6 is 27.3 Å². The molecule has 1 aliphatic heterocycles. The van der Waals surface area contributed by atoms with Crippen LogP contribution in [0.1, 0.15) is 24.1 Å². The van der Waals surface area contributed by atoms with Gasteiger partial charge >= 0.3 is 0 Å². The van der Waals surface area contributed by atoms with Crippen LogP contribution < -0.4 is 5.32 Å². The van der Waals surface area contributed by atoms with Gasteiger partial charge in [0.05, 0.1) is 0 Å². The molecule has 1 fully saturated rings. The Morgan fingerprint density at radius 2 is 2.24 bits per heavy atom. The highest BCUT2D eigenvalue weighted by molar-refractivity contribution is 9.10. The first-order valence-corrected chi connectivity index (χ1v) is 8.03. The van der Waals surface area contributed by atoms with Crippen LogP contribution in [0.25, 0.3) is 0 Å². The van der Waals surface area contributed by atoms with Gasteiger partial charge < -0.3 is 10.2 Å². The summed E-state index contributed by atoms with van der Waals surface area (Å²) >= 11 is 5.35. The Balaban J connectivity index is 1.68. The van der Waals surface area contributed by atoms with Crippen molar-refractivity contribution in [2.45, 2.75) is 25.8 Å². The summed E-state index contributed by atoms with van der Waals surface area (Å²) in [6, 6.07) is 2.23. The van der Waals surface area contributed by atoms with Gasteiger partial charge in [-0.05, 0) is 73.9 Å². The Labute approximate surface area is 117 Å². The Kier molecular flexibility index (Phi) is 5.48. The average Bonchev–Trinajstić information content (AvgIpc) is 2.73. The molecule has 0 aromatic carbocycles. The van der Waals surface area contributed by atoms with Crippen molar-refractivity contribution in [3.05, 3.63) is 20.8 Å². The third-order valence-electron chi connectivity index (χ3n) is 3.43. The molecule has 1 aromatic heterocycles. The summed E-state index contributed by atoms with van der Waals surface area (Å²) < 4.78 is 1.21. The maximum absolute atomic E-state index is 3.51. The van der Waals surface area contributed by atoms with E-state index < -0.39 is 0 Å². The first-order valence-electron chi connectivity index (χ1n) is 6.36. The smallest absolute Gasteiger partial charge is 0.0325 e. The molecule has 0 radical (unpaired) electrons. The monoisotopic (exact) mass is 316 g/mol. The number of thiophene rings is 1. The van der Waals surface area contributed by atoms with Gasteiger partial charge in [0.1, 0.15) is 0 Å². The minimum Gasteiger partial charge on any atom is -0.317 e. The number of hydrogen-bond donors (Lipinski definition) is 1. The Hall–Kier alpha value is 0.1000. The van der Waals surface area contributed by atoms with E-state index in [4.69, 9.17) is 0 Å². The van der Waals surface area contributed by atoms with Crippen LogP contribution in [0.4, 0.5) is 0 Å². The summed E-state index contributed by atoms with van der Waals surface area (Å²) in [5, 5.41) is 5.59. The molecule has 0 atom stereocenters. The van der Waals surface area contributed by atoms with Gasteiger partial charge in [-0.15, -0.1) is 11.3 Å². The largest absolute Gasteiger partial charge is 0.317 e. The fourth-order valence-corrected chi connectivity index (χ4v) is 3.89. The Bertz CT molecular complexity index is 334. The first kappa shape index (κ1) is 13.5. The van der Waals surface area contributed by atoms with Gasteiger partial charge in [-0.1, -0.05) is 0 Å². The van der Waals surface area contributed by atoms with Crippen LogP contribution in [0.3, 0.4) is 0 Å². The average molecular weight is 317 g/mol. The van der Waals surface area contributed by atoms with Gasteiger partial charge in [0, 0.05) is 21.3 Å². The molecule has 0 aliphatic carbocycles. The molecule has 0 bridgehead atoms. The molecule has 96 valence electrons. The van der Waals surface area contributed by atoms with Gasteiger partial charge in [-0.25, -0.2) is 0 Å². The van der Waals surface area contributed by atoms with E-state index >= 15 is 0 Å². The fourth-order valence-electron chi connectivity index (χ4n) is 2.36. The number of hydrogen-bond acceptors (Lipinski definition) is 3. The van der Waals surface area contributed by atoms with Crippen LogP contribution in [0.15, 0.2) is 15.9 Å². The van der Waals surface area contributed by atoms with Gasteiger partial charge in [-0.3, -0.25) is 0 Å². The maximum atomic E-state index is 3.51. The second-order valence-corrected chi connectivity index (χ2v) is 6.86. The summed E-state index contributed by atoms with van der Waals surface area (Å²) in [4.78, 5) is 3.89. The van der Waals surface area contributed by atoms with Crippen molar-refractivity contribution in [3.63, 3.8) is 0 Å². The summed E-state index contributed by atoms with van der Waals surface area (Å²) in [7, 11) is 2.23. The van der Waals surface area contributed by atoms with Crippen LogP contribution in [-0.4, -0.2) is 31.6 Å². The highest BCUT2D eigenvalue weighted by Crippen LogP contribution is 2.21. The van der Waals surface area contributed by atoms with Crippen molar-refractivity contribution in [1.29, 1.82) is 0 Å². The first-order chi connectivity index (χ1) is 8.24. The van der Waals surface area contributed by atoms with Crippen LogP contribution in [-0.2, 0) is 6.54 Å². The normalized spacial score (nSPS) is 17.8. The number of piperidine rings is 1. The standard InChI is InChI=1S/C13H21BrN2S/c1-16(9-13-8-12(14)10-17-13)7-4-11-2-5-15-6-3-11/h8,10-11,15H,2-7,9H2,1H3. The summed E-state index contributed by atoms with van der Waals surface area (Å²) in [6.45, 7) is 4.74. The molecule has 2 rings (SSSR count). The zero-order chi connectivity index (χ0) is 12.1. The summed E-state index contributed by atoms with van der Waals surface area (Å²) in [5.74, 6) is 0.939. The van der Waals surface area contributed by atoms with Crippen molar-refractivity contribution >= 4 is 27.3 Å². The van der Waals surface area contributed by atoms with E-state index in [0.717, 1.165) is 12.5 Å². The second kappa shape index (κ2) is 6.88. The van der Waals surface area contributed by atoms with E-state index in [1.807, 2.05) is 11.3 Å². The molecule has 1 saturated heterocycles. The topological polar surface area (TPSA) is 15.3 Å². The SMILES string of the molecule is CN(CCC1CCNCC1)Cc1cc(Br)cs1. The Morgan fingerprint density at radius 1 is 1.47 bits per heavy atom. The third kappa shape index (κ3) is 4.70. The lowest BCUT2D eigenvalue weighted by Crippen LogP contribution is -2.30. The van der Waals surface area contributed by atoms with Gasteiger partial charge in [0.15, 0.2) is 0 Å². The quantitative estimate of drug-likeness (QED) is 0.896. The van der Waals surface area contributed by atoms with E-state index in [0.29, 0.717) is 0 Å². The maximum Gasteiger partial charge on any atom is 0.0325 e. The van der Waals surface area contributed by atoms with Crippen molar-refractivity contribution in [2.75, 3.05) is 26.7 Å². The number of nitrogens with zero attached hydrogens (tertiary/aromatic N) is 1. The number of rotatable bonds is 5. The molecular formula is C13H21BrN2S. The van der Waals surface area contributed by atoms with Crippen LogP contribution in [0, 0.1) is 5.92 Å². The predicted molar refractivity (Wildman–Crippen MR) is 78.6 cm³/mol. The molecular weight excluding hydrogens is 296 g/mol. The highest BCUT2D eigenvalue weighted by atomic mass is 79.9. The fraction of sp³-hybridized carbons (Fsp3) is 0.692. The summed E-state index contributed by atoms with van der Waals surface area (Å²) in [6.07, 6.45) is 4.07. The third-order valence-corrected chi connectivity index (χ3v) is 5.11. The molecule has 2 nitrogen and oxygen atoms in total. The number of nitrogens with one attached hydrogen (secondary N) is 1. The van der Waals surface area contributed by atoms with Crippen molar-refractivity contribution in [3.8, 4) is 0 Å². The minimum absolute atomic E-state index is 0.939. The molecule has 0 unspecified atom stereocenters. The molecule has 4 heteroatoms. The highest BCUT2D eigenvalue weighted by Gasteiger charge is 2.13. The molecule has 0 saturated carbocycles. The van der Waals surface area contributed by atoms with Crippen LogP contribution in [0.5, 0.6) is 0 Å². The lowest BCUT2D eigenvalue weighted by Gasteiger charge is -2.25. The minimum atomic E-state index is 0.939. The number of halogens is 1. The molecule has 17 heavy (non-hydrogen) atoms. The van der Waals surface area contributed by atoms with E-state index in [1.54, 1.807) is 0 Å². The molecule has 0 spiro atoms. The second-order valence-electron chi connectivity index (χ2n) is 4.95. The summed E-state index contributed by atoms with van der Waals surface area (Å²) in [5.41, 5.74) is 0. The van der Waals surface area contributed by atoms with Gasteiger partial charge in [-0.2, -0.15) is 0 Å². The molecule has 1 aromatic rings. The van der Waals surface area contributed by atoms with E-state index in [-0.39, 0.29) is 0 Å². The zero-order valence-electron chi connectivity index (χ0n) is 10.4. The van der Waals surface area contributed by atoms with Crippen molar-refractivity contribution in [1.82, 2.24) is 10.2 Å². The predicted octanol–water partition coefficient (Wildman–Crippen LogP) is 3.33. The zero-order valence-corrected chi connectivity index (χ0v) is 12.8. The molecule has 0 amide bonds. The van der Waals surface area contributed by atoms with Crippen molar-refractivity contribution < 1.29 is 0 Å². The van der Waals surface area contributed by atoms with Crippen molar-refractivity contribution in [2.24, 2.45) is 5.92 Å². The lowest BCUT2D eigenvalue weighted by atomic mass is 9.94. The molecule has 1 aliphatic rings. The van der Waals surface area contributed by atoms with Crippen LogP contribution in [0.2, 0.25) is 0 Å². The van der Waals surface area contributed by atoms with Gasteiger partial charge in [0.25, 0.3) is 0 Å². The van der Waals surface area contributed by atoms with Gasteiger partial charge in [0.2, 0.25) is 0 Å². The van der Waals surface area contributed by atoms with E-state index in [2.05, 4.69) is 44.6 Å². The van der Waals surface area contributed by atoms with E-state index in [9.17, 15) is 0 Å². The lowest BCUT2D eigenvalue weighted by molar-refractivity contribution is 0.267.